The molecule has 2 N–H and O–H groups in total. The number of rotatable bonds is 10. The fourth-order valence-corrected chi connectivity index (χ4v) is 4.27. The van der Waals surface area contributed by atoms with Crippen LogP contribution in [0.4, 0.5) is 0 Å². The maximum atomic E-state index is 11.2. The van der Waals surface area contributed by atoms with Gasteiger partial charge in [0.2, 0.25) is 0 Å². The van der Waals surface area contributed by atoms with Crippen molar-refractivity contribution in [3.63, 3.8) is 0 Å². The number of hydrogen-bond acceptors (Lipinski definition) is 5. The number of guanidine groups is 1. The first-order valence-electron chi connectivity index (χ1n) is 11.1. The molecule has 1 heterocycles. The van der Waals surface area contributed by atoms with E-state index in [9.17, 15) is 4.79 Å². The standard InChI is InChI=1S/C21H40N4O3.HI/c1-3-22-20(23-13-9-4-6-10-19(26)27-2)24-18-21(11-7-5-8-12-21)25-14-16-28-17-15-25;/h3-18H2,1-2H3,(H2,22,23,24);1H. The molecule has 0 atom stereocenters. The molecule has 0 radical (unpaired) electrons. The van der Waals surface area contributed by atoms with Crippen LogP contribution in [0.2, 0.25) is 0 Å². The first-order valence-corrected chi connectivity index (χ1v) is 11.1. The molecule has 2 aliphatic rings. The Morgan fingerprint density at radius 1 is 1.10 bits per heavy atom. The highest BCUT2D eigenvalue weighted by molar-refractivity contribution is 14.0. The van der Waals surface area contributed by atoms with Crippen molar-refractivity contribution < 1.29 is 14.3 Å². The molecular formula is C21H41IN4O3. The summed E-state index contributed by atoms with van der Waals surface area (Å²) in [6, 6.07) is 0. The van der Waals surface area contributed by atoms with E-state index in [0.29, 0.717) is 6.42 Å². The zero-order chi connectivity index (χ0) is 20.1. The van der Waals surface area contributed by atoms with E-state index in [1.54, 1.807) is 0 Å². The molecule has 1 saturated heterocycles. The molecule has 1 aliphatic heterocycles. The van der Waals surface area contributed by atoms with Crippen LogP contribution in [-0.2, 0) is 14.3 Å². The van der Waals surface area contributed by atoms with E-state index in [1.165, 1.54) is 39.2 Å². The Bertz CT molecular complexity index is 479. The number of esters is 1. The van der Waals surface area contributed by atoms with Crippen molar-refractivity contribution in [1.29, 1.82) is 0 Å². The molecule has 1 saturated carbocycles. The number of nitrogens with zero attached hydrogens (tertiary/aromatic N) is 2. The number of halogens is 1. The summed E-state index contributed by atoms with van der Waals surface area (Å²) in [5.41, 5.74) is 0.199. The van der Waals surface area contributed by atoms with Gasteiger partial charge in [-0.25, -0.2) is 0 Å². The van der Waals surface area contributed by atoms with Crippen molar-refractivity contribution in [3.8, 4) is 0 Å². The van der Waals surface area contributed by atoms with Crippen LogP contribution in [-0.4, -0.2) is 75.4 Å². The predicted molar refractivity (Wildman–Crippen MR) is 128 cm³/mol. The van der Waals surface area contributed by atoms with Crippen LogP contribution in [0, 0.1) is 0 Å². The summed E-state index contributed by atoms with van der Waals surface area (Å²) in [6.07, 6.45) is 9.85. The van der Waals surface area contributed by atoms with Crippen LogP contribution >= 0.6 is 24.0 Å². The Balaban J connectivity index is 0.00000420. The molecule has 7 nitrogen and oxygen atoms in total. The molecule has 0 unspecified atom stereocenters. The zero-order valence-corrected chi connectivity index (χ0v) is 20.7. The maximum absolute atomic E-state index is 11.2. The first kappa shape index (κ1) is 26.4. The van der Waals surface area contributed by atoms with Crippen molar-refractivity contribution in [3.05, 3.63) is 0 Å². The molecule has 2 rings (SSSR count). The Labute approximate surface area is 193 Å². The number of morpholine rings is 1. The molecule has 0 aromatic carbocycles. The average Bonchev–Trinajstić information content (AvgIpc) is 2.75. The second-order valence-electron chi connectivity index (χ2n) is 7.89. The lowest BCUT2D eigenvalue weighted by Gasteiger charge is -2.47. The van der Waals surface area contributed by atoms with Crippen LogP contribution in [0.15, 0.2) is 4.99 Å². The van der Waals surface area contributed by atoms with Gasteiger partial charge in [-0.15, -0.1) is 24.0 Å². The minimum absolute atomic E-state index is 0. The molecule has 0 aromatic rings. The van der Waals surface area contributed by atoms with E-state index >= 15 is 0 Å². The fraction of sp³-hybridized carbons (Fsp3) is 0.905. The lowest BCUT2D eigenvalue weighted by molar-refractivity contribution is -0.140. The number of ether oxygens (including phenoxy) is 2. The van der Waals surface area contributed by atoms with E-state index in [4.69, 9.17) is 9.73 Å². The summed E-state index contributed by atoms with van der Waals surface area (Å²) in [5.74, 6) is 0.789. The summed E-state index contributed by atoms with van der Waals surface area (Å²) < 4.78 is 10.3. The second-order valence-corrected chi connectivity index (χ2v) is 7.89. The first-order chi connectivity index (χ1) is 13.7. The molecule has 0 aromatic heterocycles. The second kappa shape index (κ2) is 15.2. The Morgan fingerprint density at radius 2 is 1.83 bits per heavy atom. The largest absolute Gasteiger partial charge is 0.469 e. The van der Waals surface area contributed by atoms with Gasteiger partial charge < -0.3 is 20.1 Å². The number of carbonyl (C=O) groups excluding carboxylic acids is 1. The molecule has 8 heteroatoms. The average molecular weight is 524 g/mol. The molecular weight excluding hydrogens is 483 g/mol. The smallest absolute Gasteiger partial charge is 0.305 e. The van der Waals surface area contributed by atoms with E-state index in [2.05, 4.69) is 27.2 Å². The van der Waals surface area contributed by atoms with Gasteiger partial charge in [-0.2, -0.15) is 0 Å². The number of aliphatic imine (C=N–C) groups is 1. The zero-order valence-electron chi connectivity index (χ0n) is 18.3. The topological polar surface area (TPSA) is 75.2 Å². The van der Waals surface area contributed by atoms with Crippen LogP contribution in [0.3, 0.4) is 0 Å². The van der Waals surface area contributed by atoms with Gasteiger partial charge in [0.1, 0.15) is 0 Å². The Hall–Kier alpha value is -0.610. The van der Waals surface area contributed by atoms with Gasteiger partial charge >= 0.3 is 5.97 Å². The molecule has 29 heavy (non-hydrogen) atoms. The van der Waals surface area contributed by atoms with E-state index in [1.807, 2.05) is 0 Å². The third kappa shape index (κ3) is 9.38. The van der Waals surface area contributed by atoms with Gasteiger partial charge in [0.15, 0.2) is 5.96 Å². The van der Waals surface area contributed by atoms with Gasteiger partial charge in [0.05, 0.1) is 26.9 Å². The number of hydrogen-bond donors (Lipinski definition) is 2. The van der Waals surface area contributed by atoms with Gasteiger partial charge in [-0.1, -0.05) is 25.7 Å². The molecule has 0 spiro atoms. The summed E-state index contributed by atoms with van der Waals surface area (Å²) >= 11 is 0. The lowest BCUT2D eigenvalue weighted by Crippen LogP contribution is -2.56. The maximum Gasteiger partial charge on any atom is 0.305 e. The van der Waals surface area contributed by atoms with E-state index < -0.39 is 0 Å². The SMILES string of the molecule is CCNC(=NCC1(N2CCOCC2)CCCCC1)NCCCCCC(=O)OC.I. The third-order valence-corrected chi connectivity index (χ3v) is 5.92. The fourth-order valence-electron chi connectivity index (χ4n) is 4.27. The van der Waals surface area contributed by atoms with Crippen LogP contribution in [0.5, 0.6) is 0 Å². The van der Waals surface area contributed by atoms with Gasteiger partial charge in [0.25, 0.3) is 0 Å². The molecule has 0 amide bonds. The van der Waals surface area contributed by atoms with Gasteiger partial charge in [0, 0.05) is 38.1 Å². The Kier molecular flexibility index (Phi) is 13.9. The van der Waals surface area contributed by atoms with Crippen molar-refractivity contribution in [2.75, 3.05) is 53.0 Å². The quantitative estimate of drug-likeness (QED) is 0.151. The third-order valence-electron chi connectivity index (χ3n) is 5.92. The highest BCUT2D eigenvalue weighted by atomic mass is 127. The number of nitrogens with one attached hydrogen (secondary N) is 2. The van der Waals surface area contributed by atoms with Crippen molar-refractivity contribution in [2.45, 2.75) is 70.3 Å². The lowest BCUT2D eigenvalue weighted by atomic mass is 9.80. The summed E-state index contributed by atoms with van der Waals surface area (Å²) in [7, 11) is 1.44. The molecule has 170 valence electrons. The van der Waals surface area contributed by atoms with Crippen molar-refractivity contribution in [2.24, 2.45) is 4.99 Å². The molecule has 2 fully saturated rings. The van der Waals surface area contributed by atoms with E-state index in [-0.39, 0.29) is 35.5 Å². The summed E-state index contributed by atoms with van der Waals surface area (Å²) in [6.45, 7) is 8.43. The number of carbonyl (C=O) groups is 1. The van der Waals surface area contributed by atoms with Crippen molar-refractivity contribution in [1.82, 2.24) is 15.5 Å². The normalized spacial score (nSPS) is 19.9. The summed E-state index contributed by atoms with van der Waals surface area (Å²) in [4.78, 5) is 18.8. The highest BCUT2D eigenvalue weighted by Gasteiger charge is 2.38. The highest BCUT2D eigenvalue weighted by Crippen LogP contribution is 2.34. The van der Waals surface area contributed by atoms with Crippen molar-refractivity contribution >= 4 is 35.9 Å². The van der Waals surface area contributed by atoms with E-state index in [0.717, 1.165) is 71.2 Å². The molecule has 1 aliphatic carbocycles. The monoisotopic (exact) mass is 524 g/mol. The van der Waals surface area contributed by atoms with Gasteiger partial charge in [-0.3, -0.25) is 14.7 Å². The summed E-state index contributed by atoms with van der Waals surface area (Å²) in [5, 5.41) is 6.84. The van der Waals surface area contributed by atoms with Crippen LogP contribution in [0.1, 0.15) is 64.7 Å². The molecule has 0 bridgehead atoms. The van der Waals surface area contributed by atoms with Gasteiger partial charge in [-0.05, 0) is 32.6 Å². The Morgan fingerprint density at radius 3 is 2.48 bits per heavy atom. The number of methoxy groups -OCH3 is 1. The minimum Gasteiger partial charge on any atom is -0.469 e. The van der Waals surface area contributed by atoms with Crippen LogP contribution < -0.4 is 10.6 Å². The van der Waals surface area contributed by atoms with Crippen LogP contribution in [0.25, 0.3) is 0 Å². The number of unbranched alkanes of at least 4 members (excludes halogenated alkanes) is 2. The predicted octanol–water partition coefficient (Wildman–Crippen LogP) is 2.93. The minimum atomic E-state index is -0.122.